The summed E-state index contributed by atoms with van der Waals surface area (Å²) in [5.74, 6) is 0.593. The first-order valence-electron chi connectivity index (χ1n) is 15.7. The minimum absolute atomic E-state index is 0.0105. The van der Waals surface area contributed by atoms with E-state index in [9.17, 15) is 9.59 Å². The van der Waals surface area contributed by atoms with Gasteiger partial charge in [0.2, 0.25) is 5.95 Å². The summed E-state index contributed by atoms with van der Waals surface area (Å²) >= 11 is 6.98. The van der Waals surface area contributed by atoms with Crippen molar-refractivity contribution in [3.63, 3.8) is 0 Å². The molecule has 6 rings (SSSR count). The summed E-state index contributed by atoms with van der Waals surface area (Å²) in [6.07, 6.45) is 6.04. The van der Waals surface area contributed by atoms with Gasteiger partial charge in [-0.25, -0.2) is 4.79 Å². The fourth-order valence-electron chi connectivity index (χ4n) is 6.68. The average Bonchev–Trinajstić information content (AvgIpc) is 3.68. The zero-order valence-corrected chi connectivity index (χ0v) is 29.2. The van der Waals surface area contributed by atoms with Crippen molar-refractivity contribution in [2.45, 2.75) is 96.2 Å². The number of aromatic nitrogens is 5. The van der Waals surface area contributed by atoms with Crippen molar-refractivity contribution < 1.29 is 14.3 Å². The van der Waals surface area contributed by atoms with Gasteiger partial charge in [0.25, 0.3) is 5.56 Å². The van der Waals surface area contributed by atoms with Crippen LogP contribution in [-0.4, -0.2) is 68.4 Å². The number of halogens is 1. The van der Waals surface area contributed by atoms with E-state index in [0.29, 0.717) is 34.2 Å². The van der Waals surface area contributed by atoms with Gasteiger partial charge >= 0.3 is 6.09 Å². The van der Waals surface area contributed by atoms with Gasteiger partial charge in [0.05, 0.1) is 28.0 Å². The van der Waals surface area contributed by atoms with Crippen molar-refractivity contribution in [2.24, 2.45) is 14.1 Å². The second-order valence-corrected chi connectivity index (χ2v) is 20.7. The first kappa shape index (κ1) is 31.6. The predicted octanol–water partition coefficient (Wildman–Crippen LogP) is 5.89. The number of anilines is 1. The van der Waals surface area contributed by atoms with Gasteiger partial charge in [-0.2, -0.15) is 10.1 Å². The molecule has 4 aromatic rings. The lowest BCUT2D eigenvalue weighted by atomic mass is 9.96. The fraction of sp³-hybridized carbons (Fsp3) is 0.562. The minimum Gasteiger partial charge on any atom is -0.444 e. The zero-order valence-electron chi connectivity index (χ0n) is 27.5. The molecule has 2 bridgehead atoms. The molecular formula is C32H44ClN7O4Si. The van der Waals surface area contributed by atoms with E-state index in [1.165, 1.54) is 0 Å². The molecule has 0 spiro atoms. The molecule has 2 aliphatic heterocycles. The molecule has 2 aliphatic rings. The quantitative estimate of drug-likeness (QED) is 0.187. The highest BCUT2D eigenvalue weighted by molar-refractivity contribution is 6.76. The van der Waals surface area contributed by atoms with Crippen LogP contribution in [0.25, 0.3) is 33.1 Å². The molecular weight excluding hydrogens is 610 g/mol. The molecule has 242 valence electrons. The van der Waals surface area contributed by atoms with Crippen LogP contribution >= 0.6 is 11.6 Å². The van der Waals surface area contributed by atoms with Crippen LogP contribution in [0.3, 0.4) is 0 Å². The van der Waals surface area contributed by atoms with E-state index in [4.69, 9.17) is 26.1 Å². The topological polar surface area (TPSA) is 108 Å². The maximum atomic E-state index is 14.3. The number of hydrogen-bond acceptors (Lipinski definition) is 7. The highest BCUT2D eigenvalue weighted by atomic mass is 35.5. The number of rotatable bonds is 8. The Morgan fingerprint density at radius 1 is 1.13 bits per heavy atom. The van der Waals surface area contributed by atoms with E-state index in [-0.39, 0.29) is 30.4 Å². The average molecular weight is 654 g/mol. The Bertz CT molecular complexity index is 1830. The lowest BCUT2D eigenvalue weighted by molar-refractivity contribution is 0.0497. The van der Waals surface area contributed by atoms with Crippen LogP contribution in [0.2, 0.25) is 30.7 Å². The molecule has 2 fully saturated rings. The van der Waals surface area contributed by atoms with Crippen LogP contribution in [0.4, 0.5) is 10.7 Å². The Hall–Kier alpha value is -3.35. The third-order valence-electron chi connectivity index (χ3n) is 8.80. The third-order valence-corrected chi connectivity index (χ3v) is 10.9. The Morgan fingerprint density at radius 2 is 1.89 bits per heavy atom. The van der Waals surface area contributed by atoms with Gasteiger partial charge in [-0.15, -0.1) is 0 Å². The monoisotopic (exact) mass is 653 g/mol. The SMILES string of the molecule is Cn1cc2c(Cl)c(-c3cn(COCC[Si](C)(C)C)c4nc(N5[C@H]6CC[C@@H]5[C@H](NC(=O)OC(C)(C)C)C6)n(C)c(=O)c34)ccc2n1. The Balaban J connectivity index is 1.41. The van der Waals surface area contributed by atoms with E-state index in [1.807, 2.05) is 56.9 Å². The standard InChI is InChI=1S/C32H44ClN7O4Si/c1-32(2,3)44-31(42)34-24-15-19-9-12-25(24)40(19)30-35-28-26(29(41)38(30)5)21(17-39(28)18-43-13-14-45(6,7)8)20-10-11-23-22(27(20)33)16-37(4)36-23/h10-11,16-17,19,24-25H,9,12-15,18H2,1-8H3,(H,34,42)/t19-,24+,25+/m0/s1. The number of carbonyl (C=O) groups excluding carboxylic acids is 1. The molecule has 11 nitrogen and oxygen atoms in total. The van der Waals surface area contributed by atoms with Crippen LogP contribution in [0.5, 0.6) is 0 Å². The van der Waals surface area contributed by atoms with Crippen molar-refractivity contribution in [2.75, 3.05) is 11.5 Å². The summed E-state index contributed by atoms with van der Waals surface area (Å²) < 4.78 is 17.0. The summed E-state index contributed by atoms with van der Waals surface area (Å²) in [5, 5.41) is 9.43. The van der Waals surface area contributed by atoms with E-state index in [1.54, 1.807) is 16.3 Å². The highest BCUT2D eigenvalue weighted by Crippen LogP contribution is 2.42. The van der Waals surface area contributed by atoms with Gasteiger partial charge < -0.3 is 24.3 Å². The molecule has 0 saturated carbocycles. The summed E-state index contributed by atoms with van der Waals surface area (Å²) in [4.78, 5) is 34.4. The summed E-state index contributed by atoms with van der Waals surface area (Å²) in [5.41, 5.74) is 2.07. The summed E-state index contributed by atoms with van der Waals surface area (Å²) in [7, 11) is 2.35. The highest BCUT2D eigenvalue weighted by Gasteiger charge is 2.49. The number of nitrogens with one attached hydrogen (secondary N) is 1. The minimum atomic E-state index is -1.29. The lowest BCUT2D eigenvalue weighted by Gasteiger charge is -2.28. The first-order valence-corrected chi connectivity index (χ1v) is 19.8. The van der Waals surface area contributed by atoms with Gasteiger partial charge in [-0.1, -0.05) is 37.3 Å². The largest absolute Gasteiger partial charge is 0.444 e. The Morgan fingerprint density at radius 3 is 2.60 bits per heavy atom. The molecule has 2 saturated heterocycles. The molecule has 5 heterocycles. The molecule has 1 aromatic carbocycles. The predicted molar refractivity (Wildman–Crippen MR) is 181 cm³/mol. The van der Waals surface area contributed by atoms with Crippen LogP contribution in [-0.2, 0) is 30.3 Å². The fourth-order valence-corrected chi connectivity index (χ4v) is 7.75. The number of hydrogen-bond donors (Lipinski definition) is 1. The van der Waals surface area contributed by atoms with E-state index in [2.05, 4.69) is 35.0 Å². The molecule has 1 N–H and O–H groups in total. The molecule has 13 heteroatoms. The van der Waals surface area contributed by atoms with Crippen LogP contribution in [0, 0.1) is 0 Å². The number of benzene rings is 1. The van der Waals surface area contributed by atoms with Crippen LogP contribution < -0.4 is 15.8 Å². The van der Waals surface area contributed by atoms with Crippen LogP contribution in [0.1, 0.15) is 40.0 Å². The van der Waals surface area contributed by atoms with E-state index in [0.717, 1.165) is 41.8 Å². The second-order valence-electron chi connectivity index (χ2n) is 14.7. The van der Waals surface area contributed by atoms with Gasteiger partial charge in [0.15, 0.2) is 5.65 Å². The zero-order chi connectivity index (χ0) is 32.4. The summed E-state index contributed by atoms with van der Waals surface area (Å²) in [6.45, 7) is 13.4. The number of fused-ring (bicyclic) bond motifs is 4. The first-order chi connectivity index (χ1) is 21.1. The molecule has 1 amide bonds. The van der Waals surface area contributed by atoms with Crippen molar-refractivity contribution in [3.8, 4) is 11.1 Å². The van der Waals surface area contributed by atoms with Crippen LogP contribution in [0.15, 0.2) is 29.3 Å². The number of ether oxygens (including phenoxy) is 2. The normalized spacial score (nSPS) is 20.1. The van der Waals surface area contributed by atoms with E-state index < -0.39 is 19.8 Å². The van der Waals surface area contributed by atoms with Gasteiger partial charge in [0.1, 0.15) is 12.3 Å². The second kappa shape index (κ2) is 11.5. The Labute approximate surface area is 269 Å². The van der Waals surface area contributed by atoms with Crippen molar-refractivity contribution in [1.82, 2.24) is 29.2 Å². The molecule has 0 radical (unpaired) electrons. The number of alkyl carbamates (subject to hydrolysis) is 1. The maximum absolute atomic E-state index is 14.3. The van der Waals surface area contributed by atoms with Crippen molar-refractivity contribution >= 4 is 53.7 Å². The molecule has 0 unspecified atom stereocenters. The smallest absolute Gasteiger partial charge is 0.407 e. The number of amides is 1. The van der Waals surface area contributed by atoms with Gasteiger partial charge in [-0.05, 0) is 52.1 Å². The molecule has 3 atom stereocenters. The maximum Gasteiger partial charge on any atom is 0.407 e. The molecule has 3 aromatic heterocycles. The molecule has 0 aliphatic carbocycles. The number of carbonyl (C=O) groups is 1. The van der Waals surface area contributed by atoms with E-state index >= 15 is 0 Å². The lowest BCUT2D eigenvalue weighted by Crippen LogP contribution is -2.46. The van der Waals surface area contributed by atoms with Gasteiger partial charge in [0, 0.05) is 63.7 Å². The van der Waals surface area contributed by atoms with Crippen molar-refractivity contribution in [1.29, 1.82) is 0 Å². The number of nitrogens with zero attached hydrogens (tertiary/aromatic N) is 6. The molecule has 45 heavy (non-hydrogen) atoms. The van der Waals surface area contributed by atoms with Crippen molar-refractivity contribution in [3.05, 3.63) is 39.9 Å². The number of aryl methyl sites for hydroxylation is 1. The Kier molecular flexibility index (Phi) is 8.06. The van der Waals surface area contributed by atoms with Gasteiger partial charge in [-0.3, -0.25) is 14.0 Å². The summed E-state index contributed by atoms with van der Waals surface area (Å²) in [6, 6.07) is 4.95. The third kappa shape index (κ3) is 6.11.